The van der Waals surface area contributed by atoms with Crippen LogP contribution in [-0.2, 0) is 4.79 Å². The van der Waals surface area contributed by atoms with E-state index in [1.165, 1.54) is 0 Å². The maximum atomic E-state index is 12.1. The van der Waals surface area contributed by atoms with Crippen LogP contribution in [0.15, 0.2) is 43.0 Å². The fraction of sp³-hybridized carbons (Fsp3) is 0.333. The van der Waals surface area contributed by atoms with E-state index in [2.05, 4.69) is 12.6 Å². The predicted octanol–water partition coefficient (Wildman–Crippen LogP) is 2.72. The number of hydrogen-bond donors (Lipinski definition) is 0. The first-order valence-electron chi connectivity index (χ1n) is 6.01. The monoisotopic (exact) mass is 242 g/mol. The summed E-state index contributed by atoms with van der Waals surface area (Å²) >= 11 is 0. The fourth-order valence-corrected chi connectivity index (χ4v) is 1.72. The average molecular weight is 242 g/mol. The minimum atomic E-state index is -0.708. The van der Waals surface area contributed by atoms with Crippen molar-refractivity contribution in [2.24, 2.45) is 0 Å². The van der Waals surface area contributed by atoms with Gasteiger partial charge in [-0.3, -0.25) is 4.79 Å². The van der Waals surface area contributed by atoms with Gasteiger partial charge in [0, 0.05) is 13.6 Å². The summed E-state index contributed by atoms with van der Waals surface area (Å²) in [6.45, 7) is 4.29. The molecule has 0 aromatic heterocycles. The maximum absolute atomic E-state index is 12.1. The van der Waals surface area contributed by atoms with Crippen LogP contribution in [-0.4, -0.2) is 24.4 Å². The van der Waals surface area contributed by atoms with Crippen molar-refractivity contribution in [2.75, 3.05) is 13.6 Å². The molecule has 0 radical (unpaired) electrons. The molecule has 0 fully saturated rings. The van der Waals surface area contributed by atoms with Gasteiger partial charge in [0.2, 0.25) is 5.91 Å². The minimum Gasteiger partial charge on any atom is -0.344 e. The summed E-state index contributed by atoms with van der Waals surface area (Å²) in [5.41, 5.74) is 0.751. The van der Waals surface area contributed by atoms with Gasteiger partial charge < -0.3 is 4.90 Å². The van der Waals surface area contributed by atoms with Crippen molar-refractivity contribution in [2.45, 2.75) is 18.8 Å². The summed E-state index contributed by atoms with van der Waals surface area (Å²) in [6.07, 6.45) is 3.58. The van der Waals surface area contributed by atoms with Crippen LogP contribution in [0, 0.1) is 11.3 Å². The number of carbonyl (C=O) groups is 1. The number of rotatable bonds is 6. The van der Waals surface area contributed by atoms with Gasteiger partial charge >= 0.3 is 0 Å². The molecule has 0 bridgehead atoms. The number of likely N-dealkylation sites (N-methyl/N-ethyl adjacent to an activating group) is 1. The Labute approximate surface area is 108 Å². The Morgan fingerprint density at radius 2 is 2.17 bits per heavy atom. The van der Waals surface area contributed by atoms with Crippen LogP contribution in [0.5, 0.6) is 0 Å². The van der Waals surface area contributed by atoms with Crippen molar-refractivity contribution in [1.82, 2.24) is 4.90 Å². The van der Waals surface area contributed by atoms with E-state index in [1.807, 2.05) is 36.4 Å². The van der Waals surface area contributed by atoms with E-state index in [4.69, 9.17) is 5.26 Å². The zero-order chi connectivity index (χ0) is 13.4. The van der Waals surface area contributed by atoms with Gasteiger partial charge in [-0.15, -0.1) is 6.58 Å². The number of allylic oxidation sites excluding steroid dienone is 1. The zero-order valence-electron chi connectivity index (χ0n) is 10.7. The first-order chi connectivity index (χ1) is 8.70. The first kappa shape index (κ1) is 14.0. The Balaban J connectivity index is 2.69. The Kier molecular flexibility index (Phi) is 5.66. The van der Waals surface area contributed by atoms with E-state index in [9.17, 15) is 4.79 Å². The molecule has 1 rings (SSSR count). The van der Waals surface area contributed by atoms with Gasteiger partial charge in [-0.05, 0) is 18.4 Å². The molecule has 3 nitrogen and oxygen atoms in total. The van der Waals surface area contributed by atoms with Crippen molar-refractivity contribution in [3.05, 3.63) is 48.6 Å². The van der Waals surface area contributed by atoms with E-state index in [0.29, 0.717) is 6.54 Å². The van der Waals surface area contributed by atoms with E-state index in [1.54, 1.807) is 11.9 Å². The summed E-state index contributed by atoms with van der Waals surface area (Å²) in [5.74, 6) is -0.854. The third-order valence-corrected chi connectivity index (χ3v) is 2.79. The van der Waals surface area contributed by atoms with Crippen LogP contribution >= 0.6 is 0 Å². The fourth-order valence-electron chi connectivity index (χ4n) is 1.72. The third-order valence-electron chi connectivity index (χ3n) is 2.79. The molecule has 0 aliphatic carbocycles. The molecule has 0 saturated carbocycles. The molecule has 1 unspecified atom stereocenters. The summed E-state index contributed by atoms with van der Waals surface area (Å²) in [7, 11) is 1.73. The van der Waals surface area contributed by atoms with Crippen LogP contribution in [0.25, 0.3) is 0 Å². The number of nitrogens with zero attached hydrogens (tertiary/aromatic N) is 2. The Hall–Kier alpha value is -2.08. The van der Waals surface area contributed by atoms with Crippen molar-refractivity contribution in [3.8, 4) is 6.07 Å². The second kappa shape index (κ2) is 7.29. The van der Waals surface area contributed by atoms with Gasteiger partial charge in [0.05, 0.1) is 6.07 Å². The van der Waals surface area contributed by atoms with Crippen molar-refractivity contribution in [3.63, 3.8) is 0 Å². The number of amides is 1. The molecule has 0 saturated heterocycles. The lowest BCUT2D eigenvalue weighted by Crippen LogP contribution is -2.32. The molecule has 3 heteroatoms. The molecule has 0 aliphatic rings. The lowest BCUT2D eigenvalue weighted by atomic mass is 9.99. The van der Waals surface area contributed by atoms with Crippen LogP contribution in [0.4, 0.5) is 0 Å². The van der Waals surface area contributed by atoms with E-state index in [-0.39, 0.29) is 5.91 Å². The molecule has 1 aromatic carbocycles. The first-order valence-corrected chi connectivity index (χ1v) is 6.01. The SMILES string of the molecule is C=CCCCN(C)C(=O)C(C#N)c1ccccc1. The molecule has 0 heterocycles. The Bertz CT molecular complexity index is 434. The van der Waals surface area contributed by atoms with Crippen LogP contribution in [0.1, 0.15) is 24.3 Å². The summed E-state index contributed by atoms with van der Waals surface area (Å²) in [6, 6.07) is 11.2. The second-order valence-corrected chi connectivity index (χ2v) is 4.16. The Morgan fingerprint density at radius 3 is 2.72 bits per heavy atom. The van der Waals surface area contributed by atoms with Gasteiger partial charge in [-0.1, -0.05) is 36.4 Å². The highest BCUT2D eigenvalue weighted by Gasteiger charge is 2.22. The van der Waals surface area contributed by atoms with Crippen LogP contribution in [0.2, 0.25) is 0 Å². The lowest BCUT2D eigenvalue weighted by molar-refractivity contribution is -0.130. The zero-order valence-corrected chi connectivity index (χ0v) is 10.7. The van der Waals surface area contributed by atoms with E-state index < -0.39 is 5.92 Å². The number of nitriles is 1. The highest BCUT2D eigenvalue weighted by Crippen LogP contribution is 2.17. The minimum absolute atomic E-state index is 0.146. The van der Waals surface area contributed by atoms with Crippen LogP contribution in [0.3, 0.4) is 0 Å². The quantitative estimate of drug-likeness (QED) is 0.568. The summed E-state index contributed by atoms with van der Waals surface area (Å²) in [5, 5.41) is 9.16. The smallest absolute Gasteiger partial charge is 0.244 e. The summed E-state index contributed by atoms with van der Waals surface area (Å²) in [4.78, 5) is 13.8. The molecule has 0 aliphatic heterocycles. The molecule has 1 amide bonds. The highest BCUT2D eigenvalue weighted by molar-refractivity contribution is 5.86. The van der Waals surface area contributed by atoms with Gasteiger partial charge in [0.15, 0.2) is 0 Å². The van der Waals surface area contributed by atoms with Gasteiger partial charge in [-0.2, -0.15) is 5.26 Å². The lowest BCUT2D eigenvalue weighted by Gasteiger charge is -2.20. The largest absolute Gasteiger partial charge is 0.344 e. The van der Waals surface area contributed by atoms with Crippen LogP contribution < -0.4 is 0 Å². The normalized spacial score (nSPS) is 11.3. The molecular formula is C15H18N2O. The molecule has 1 aromatic rings. The predicted molar refractivity (Wildman–Crippen MR) is 71.9 cm³/mol. The van der Waals surface area contributed by atoms with Crippen molar-refractivity contribution in [1.29, 1.82) is 5.26 Å². The summed E-state index contributed by atoms with van der Waals surface area (Å²) < 4.78 is 0. The third kappa shape index (κ3) is 3.74. The number of benzene rings is 1. The molecule has 94 valence electrons. The molecule has 18 heavy (non-hydrogen) atoms. The molecule has 0 N–H and O–H groups in total. The van der Waals surface area contributed by atoms with Gasteiger partial charge in [0.1, 0.15) is 5.92 Å². The maximum Gasteiger partial charge on any atom is 0.244 e. The van der Waals surface area contributed by atoms with Crippen molar-refractivity contribution >= 4 is 5.91 Å². The number of unbranched alkanes of at least 4 members (excludes halogenated alkanes) is 1. The van der Waals surface area contributed by atoms with Gasteiger partial charge in [0.25, 0.3) is 0 Å². The highest BCUT2D eigenvalue weighted by atomic mass is 16.2. The average Bonchev–Trinajstić information content (AvgIpc) is 2.41. The van der Waals surface area contributed by atoms with E-state index in [0.717, 1.165) is 18.4 Å². The topological polar surface area (TPSA) is 44.1 Å². The molecular weight excluding hydrogens is 224 g/mol. The van der Waals surface area contributed by atoms with E-state index >= 15 is 0 Å². The number of hydrogen-bond acceptors (Lipinski definition) is 2. The van der Waals surface area contributed by atoms with Gasteiger partial charge in [-0.25, -0.2) is 0 Å². The standard InChI is InChI=1S/C15H18N2O/c1-3-4-8-11-17(2)15(18)14(12-16)13-9-6-5-7-10-13/h3,5-7,9-10,14H,1,4,8,11H2,2H3. The molecule has 1 atom stereocenters. The van der Waals surface area contributed by atoms with Crippen molar-refractivity contribution < 1.29 is 4.79 Å². The molecule has 0 spiro atoms. The second-order valence-electron chi connectivity index (χ2n) is 4.16. The Morgan fingerprint density at radius 1 is 1.50 bits per heavy atom. The number of carbonyl (C=O) groups excluding carboxylic acids is 1.